The topological polar surface area (TPSA) is 58.1 Å². The first-order valence-corrected chi connectivity index (χ1v) is 9.80. The van der Waals surface area contributed by atoms with Gasteiger partial charge in [-0.1, -0.05) is 24.3 Å². The van der Waals surface area contributed by atoms with E-state index in [0.717, 1.165) is 19.5 Å². The highest BCUT2D eigenvalue weighted by atomic mass is 19.1. The zero-order valence-corrected chi connectivity index (χ0v) is 15.5. The van der Waals surface area contributed by atoms with Gasteiger partial charge in [-0.25, -0.2) is 9.18 Å². The van der Waals surface area contributed by atoms with Crippen LogP contribution in [-0.4, -0.2) is 34.1 Å². The van der Waals surface area contributed by atoms with Crippen molar-refractivity contribution in [1.29, 1.82) is 0 Å². The summed E-state index contributed by atoms with van der Waals surface area (Å²) in [7, 11) is 0. The molecule has 1 aliphatic carbocycles. The van der Waals surface area contributed by atoms with Gasteiger partial charge in [-0.05, 0) is 54.0 Å². The molecule has 0 spiro atoms. The molecule has 3 aromatic rings. The van der Waals surface area contributed by atoms with Crippen LogP contribution in [0.3, 0.4) is 0 Å². The molecule has 144 valence electrons. The Kier molecular flexibility index (Phi) is 4.16. The number of hydrogen-bond acceptors (Lipinski definition) is 3. The number of hydrogen-bond donors (Lipinski definition) is 1. The van der Waals surface area contributed by atoms with Gasteiger partial charge < -0.3 is 9.88 Å². The van der Waals surface area contributed by atoms with Gasteiger partial charge in [-0.3, -0.25) is 9.36 Å². The number of nitrogens with zero attached hydrogens (tertiary/aromatic N) is 2. The predicted molar refractivity (Wildman–Crippen MR) is 106 cm³/mol. The smallest absolute Gasteiger partial charge is 0.307 e. The van der Waals surface area contributed by atoms with Crippen LogP contribution in [0.25, 0.3) is 10.9 Å². The molecule has 0 amide bonds. The van der Waals surface area contributed by atoms with E-state index < -0.39 is 0 Å². The number of nitrogens with one attached hydrogen (secondary N) is 1. The first-order chi connectivity index (χ1) is 13.6. The Bertz CT molecular complexity index is 1130. The number of fused-ring (bicyclic) bond motifs is 2. The number of aromatic nitrogens is 2. The molecule has 1 aliphatic heterocycles. The van der Waals surface area contributed by atoms with Gasteiger partial charge in [0.25, 0.3) is 5.56 Å². The van der Waals surface area contributed by atoms with Crippen LogP contribution in [0.2, 0.25) is 0 Å². The van der Waals surface area contributed by atoms with Crippen LogP contribution in [0, 0.1) is 17.7 Å². The SMILES string of the molecule is O=c1[nH]c2ccccc2c(=O)n1CCN1CC2CC(c3ccc(F)cc3)C2C1. The van der Waals surface area contributed by atoms with E-state index in [1.54, 1.807) is 24.3 Å². The van der Waals surface area contributed by atoms with Crippen molar-refractivity contribution in [3.63, 3.8) is 0 Å². The fourth-order valence-electron chi connectivity index (χ4n) is 4.92. The van der Waals surface area contributed by atoms with Crippen molar-refractivity contribution in [3.05, 3.63) is 80.7 Å². The third-order valence-electron chi connectivity index (χ3n) is 6.47. The van der Waals surface area contributed by atoms with E-state index in [-0.39, 0.29) is 17.1 Å². The average molecular weight is 379 g/mol. The van der Waals surface area contributed by atoms with Gasteiger partial charge in [0.05, 0.1) is 10.9 Å². The van der Waals surface area contributed by atoms with Crippen molar-refractivity contribution in [3.8, 4) is 0 Å². The summed E-state index contributed by atoms with van der Waals surface area (Å²) in [5.74, 6) is 1.53. The van der Waals surface area contributed by atoms with Gasteiger partial charge in [0.1, 0.15) is 5.82 Å². The van der Waals surface area contributed by atoms with E-state index in [2.05, 4.69) is 9.88 Å². The summed E-state index contributed by atoms with van der Waals surface area (Å²) < 4.78 is 14.5. The van der Waals surface area contributed by atoms with Crippen LogP contribution >= 0.6 is 0 Å². The second-order valence-corrected chi connectivity index (χ2v) is 8.01. The molecule has 5 nitrogen and oxygen atoms in total. The molecule has 0 bridgehead atoms. The molecule has 1 N–H and O–H groups in total. The van der Waals surface area contributed by atoms with Crippen molar-refractivity contribution in [1.82, 2.24) is 14.5 Å². The zero-order valence-electron chi connectivity index (χ0n) is 15.5. The Morgan fingerprint density at radius 2 is 1.79 bits per heavy atom. The highest BCUT2D eigenvalue weighted by Crippen LogP contribution is 2.51. The summed E-state index contributed by atoms with van der Waals surface area (Å²) in [6, 6.07) is 14.0. The summed E-state index contributed by atoms with van der Waals surface area (Å²) in [5.41, 5.74) is 1.21. The maximum Gasteiger partial charge on any atom is 0.328 e. The molecule has 1 saturated heterocycles. The van der Waals surface area contributed by atoms with Crippen molar-refractivity contribution in [2.24, 2.45) is 11.8 Å². The van der Waals surface area contributed by atoms with E-state index in [9.17, 15) is 14.0 Å². The third-order valence-corrected chi connectivity index (χ3v) is 6.47. The molecule has 3 unspecified atom stereocenters. The van der Waals surface area contributed by atoms with Gasteiger partial charge in [-0.2, -0.15) is 0 Å². The summed E-state index contributed by atoms with van der Waals surface area (Å²) in [5, 5.41) is 0.542. The second kappa shape index (κ2) is 6.71. The molecule has 5 rings (SSSR count). The Hall–Kier alpha value is -2.73. The summed E-state index contributed by atoms with van der Waals surface area (Å²) in [4.78, 5) is 30.1. The molecular formula is C22H22FN3O2. The van der Waals surface area contributed by atoms with E-state index >= 15 is 0 Å². The Morgan fingerprint density at radius 3 is 2.61 bits per heavy atom. The normalized spacial score (nSPS) is 24.2. The van der Waals surface area contributed by atoms with E-state index in [0.29, 0.717) is 41.7 Å². The molecule has 1 saturated carbocycles. The number of H-pyrrole nitrogens is 1. The van der Waals surface area contributed by atoms with Gasteiger partial charge in [0.15, 0.2) is 0 Å². The van der Waals surface area contributed by atoms with E-state index in [1.165, 1.54) is 22.3 Å². The lowest BCUT2D eigenvalue weighted by molar-refractivity contribution is 0.191. The second-order valence-electron chi connectivity index (χ2n) is 8.01. The molecule has 1 aromatic heterocycles. The first kappa shape index (κ1) is 17.4. The minimum atomic E-state index is -0.352. The number of aromatic amines is 1. The molecular weight excluding hydrogens is 357 g/mol. The van der Waals surface area contributed by atoms with E-state index in [1.807, 2.05) is 12.1 Å². The zero-order chi connectivity index (χ0) is 19.3. The van der Waals surface area contributed by atoms with Crippen molar-refractivity contribution in [2.45, 2.75) is 18.9 Å². The maximum absolute atomic E-state index is 13.2. The van der Waals surface area contributed by atoms with E-state index in [4.69, 9.17) is 0 Å². The largest absolute Gasteiger partial charge is 0.328 e. The van der Waals surface area contributed by atoms with Gasteiger partial charge in [0, 0.05) is 26.2 Å². The lowest BCUT2D eigenvalue weighted by Gasteiger charge is -2.40. The fourth-order valence-corrected chi connectivity index (χ4v) is 4.92. The molecule has 0 radical (unpaired) electrons. The van der Waals surface area contributed by atoms with Crippen molar-refractivity contribution in [2.75, 3.05) is 19.6 Å². The Morgan fingerprint density at radius 1 is 1.00 bits per heavy atom. The van der Waals surface area contributed by atoms with Crippen LogP contribution in [0.4, 0.5) is 4.39 Å². The number of para-hydroxylation sites is 1. The molecule has 28 heavy (non-hydrogen) atoms. The van der Waals surface area contributed by atoms with Crippen LogP contribution in [0.1, 0.15) is 17.9 Å². The molecule has 3 atom stereocenters. The van der Waals surface area contributed by atoms with Gasteiger partial charge in [-0.15, -0.1) is 0 Å². The molecule has 2 aliphatic rings. The number of benzene rings is 2. The highest BCUT2D eigenvalue weighted by molar-refractivity contribution is 5.76. The highest BCUT2D eigenvalue weighted by Gasteiger charge is 2.47. The Balaban J connectivity index is 1.28. The van der Waals surface area contributed by atoms with Gasteiger partial charge >= 0.3 is 5.69 Å². The van der Waals surface area contributed by atoms with Crippen molar-refractivity contribution < 1.29 is 4.39 Å². The van der Waals surface area contributed by atoms with Crippen LogP contribution in [0.5, 0.6) is 0 Å². The monoisotopic (exact) mass is 379 g/mol. The van der Waals surface area contributed by atoms with Gasteiger partial charge in [0.2, 0.25) is 0 Å². The van der Waals surface area contributed by atoms with Crippen LogP contribution in [-0.2, 0) is 6.54 Å². The number of likely N-dealkylation sites (tertiary alicyclic amines) is 1. The molecule has 6 heteroatoms. The number of halogens is 1. The first-order valence-electron chi connectivity index (χ1n) is 9.80. The van der Waals surface area contributed by atoms with Crippen LogP contribution < -0.4 is 11.2 Å². The average Bonchev–Trinajstić information content (AvgIpc) is 2.99. The lowest BCUT2D eigenvalue weighted by Crippen LogP contribution is -2.38. The number of rotatable bonds is 4. The minimum absolute atomic E-state index is 0.196. The summed E-state index contributed by atoms with van der Waals surface area (Å²) >= 11 is 0. The predicted octanol–water partition coefficient (Wildman–Crippen LogP) is 2.56. The standard InChI is InChI=1S/C22H22FN3O2/c23-16-7-5-14(6-8-16)18-11-15-12-25(13-19(15)18)9-10-26-21(27)17-3-1-2-4-20(17)24-22(26)28/h1-8,15,18-19H,9-13H2,(H,24,28). The van der Waals surface area contributed by atoms with Crippen LogP contribution in [0.15, 0.2) is 58.1 Å². The molecule has 2 aromatic carbocycles. The molecule has 2 heterocycles. The quantitative estimate of drug-likeness (QED) is 0.758. The summed E-state index contributed by atoms with van der Waals surface area (Å²) in [6.45, 7) is 3.04. The molecule has 2 fully saturated rings. The third kappa shape index (κ3) is 2.88. The minimum Gasteiger partial charge on any atom is -0.307 e. The fraction of sp³-hybridized carbons (Fsp3) is 0.364. The lowest BCUT2D eigenvalue weighted by atomic mass is 9.64. The summed E-state index contributed by atoms with van der Waals surface area (Å²) in [6.07, 6.45) is 1.13. The maximum atomic E-state index is 13.2. The van der Waals surface area contributed by atoms with Crippen molar-refractivity contribution >= 4 is 10.9 Å². The Labute approximate surface area is 161 Å².